The molecule has 2 heteroatoms. The van der Waals surface area contributed by atoms with Crippen LogP contribution in [0.3, 0.4) is 0 Å². The predicted molar refractivity (Wildman–Crippen MR) is 57.4 cm³/mol. The second kappa shape index (κ2) is 4.09. The summed E-state index contributed by atoms with van der Waals surface area (Å²) >= 11 is 0. The van der Waals surface area contributed by atoms with Crippen LogP contribution >= 0.6 is 0 Å². The fourth-order valence-electron chi connectivity index (χ4n) is 1.49. The number of rotatable bonds is 2. The first-order valence-electron chi connectivity index (χ1n) is 4.89. The molecule has 0 aliphatic rings. The predicted octanol–water partition coefficient (Wildman–Crippen LogP) is 3.26. The number of hydrogen-bond donors (Lipinski definition) is 1. The minimum atomic E-state index is -0.211. The molecular weight excluding hydrogens is 177 g/mol. The molecule has 1 aromatic carbocycles. The van der Waals surface area contributed by atoms with Crippen LogP contribution in [0.25, 0.3) is 0 Å². The molecule has 0 saturated carbocycles. The Bertz CT molecular complexity index is 284. The van der Waals surface area contributed by atoms with Gasteiger partial charge < -0.3 is 5.73 Å². The van der Waals surface area contributed by atoms with Crippen molar-refractivity contribution < 1.29 is 4.39 Å². The van der Waals surface area contributed by atoms with Crippen molar-refractivity contribution in [3.8, 4) is 0 Å². The van der Waals surface area contributed by atoms with Crippen LogP contribution in [0.2, 0.25) is 0 Å². The summed E-state index contributed by atoms with van der Waals surface area (Å²) in [4.78, 5) is 0. The van der Waals surface area contributed by atoms with E-state index in [1.54, 1.807) is 12.1 Å². The van der Waals surface area contributed by atoms with Gasteiger partial charge in [-0.25, -0.2) is 4.39 Å². The van der Waals surface area contributed by atoms with E-state index in [0.29, 0.717) is 0 Å². The Labute approximate surface area is 85.1 Å². The van der Waals surface area contributed by atoms with Crippen LogP contribution in [-0.4, -0.2) is 0 Å². The van der Waals surface area contributed by atoms with Crippen LogP contribution in [0, 0.1) is 11.2 Å². The summed E-state index contributed by atoms with van der Waals surface area (Å²) in [5.41, 5.74) is 7.21. The van der Waals surface area contributed by atoms with Crippen molar-refractivity contribution in [3.05, 3.63) is 35.6 Å². The maximum absolute atomic E-state index is 12.6. The summed E-state index contributed by atoms with van der Waals surface area (Å²) in [5.74, 6) is -0.211. The molecule has 0 heterocycles. The normalized spacial score (nSPS) is 14.1. The van der Waals surface area contributed by atoms with Gasteiger partial charge in [0, 0.05) is 6.04 Å². The van der Waals surface area contributed by atoms with Crippen molar-refractivity contribution in [1.29, 1.82) is 0 Å². The molecule has 14 heavy (non-hydrogen) atoms. The van der Waals surface area contributed by atoms with Gasteiger partial charge in [-0.3, -0.25) is 0 Å². The SMILES string of the molecule is CC(C)(C)CC(N)c1ccc(F)cc1. The molecule has 1 aromatic rings. The minimum Gasteiger partial charge on any atom is -0.324 e. The summed E-state index contributed by atoms with van der Waals surface area (Å²) in [7, 11) is 0. The van der Waals surface area contributed by atoms with Gasteiger partial charge in [0.2, 0.25) is 0 Å². The molecule has 0 amide bonds. The Morgan fingerprint density at radius 1 is 1.21 bits per heavy atom. The Hall–Kier alpha value is -0.890. The molecular formula is C12H18FN. The molecule has 0 aliphatic heterocycles. The highest BCUT2D eigenvalue weighted by Crippen LogP contribution is 2.27. The van der Waals surface area contributed by atoms with Crippen LogP contribution in [0.5, 0.6) is 0 Å². The first kappa shape index (κ1) is 11.2. The van der Waals surface area contributed by atoms with Crippen LogP contribution in [0.1, 0.15) is 38.8 Å². The zero-order valence-electron chi connectivity index (χ0n) is 9.05. The van der Waals surface area contributed by atoms with E-state index in [2.05, 4.69) is 20.8 Å². The minimum absolute atomic E-state index is 0.00407. The van der Waals surface area contributed by atoms with Gasteiger partial charge in [0.15, 0.2) is 0 Å². The van der Waals surface area contributed by atoms with Gasteiger partial charge in [0.1, 0.15) is 5.82 Å². The third-order valence-electron chi connectivity index (χ3n) is 2.13. The topological polar surface area (TPSA) is 26.0 Å². The fraction of sp³-hybridized carbons (Fsp3) is 0.500. The van der Waals surface area contributed by atoms with Crippen molar-refractivity contribution in [3.63, 3.8) is 0 Å². The summed E-state index contributed by atoms with van der Waals surface area (Å²) < 4.78 is 12.6. The van der Waals surface area contributed by atoms with Crippen LogP contribution in [0.4, 0.5) is 4.39 Å². The smallest absolute Gasteiger partial charge is 0.123 e. The summed E-state index contributed by atoms with van der Waals surface area (Å²) in [6, 6.07) is 6.42. The standard InChI is InChI=1S/C12H18FN/c1-12(2,3)8-11(14)9-4-6-10(13)7-5-9/h4-7,11H,8,14H2,1-3H3. The zero-order chi connectivity index (χ0) is 10.8. The van der Waals surface area contributed by atoms with Crippen molar-refractivity contribution >= 4 is 0 Å². The number of benzene rings is 1. The number of hydrogen-bond acceptors (Lipinski definition) is 1. The lowest BCUT2D eigenvalue weighted by Gasteiger charge is -2.23. The molecule has 0 spiro atoms. The molecule has 0 fully saturated rings. The third kappa shape index (κ3) is 3.46. The molecule has 1 unspecified atom stereocenters. The van der Waals surface area contributed by atoms with Crippen LogP contribution in [0.15, 0.2) is 24.3 Å². The summed E-state index contributed by atoms with van der Waals surface area (Å²) in [6.45, 7) is 6.45. The highest BCUT2D eigenvalue weighted by Gasteiger charge is 2.16. The second-order valence-electron chi connectivity index (χ2n) is 4.92. The lowest BCUT2D eigenvalue weighted by atomic mass is 9.86. The van der Waals surface area contributed by atoms with E-state index in [0.717, 1.165) is 12.0 Å². The monoisotopic (exact) mass is 195 g/mol. The van der Waals surface area contributed by atoms with E-state index in [9.17, 15) is 4.39 Å². The van der Waals surface area contributed by atoms with E-state index in [-0.39, 0.29) is 17.3 Å². The third-order valence-corrected chi connectivity index (χ3v) is 2.13. The quantitative estimate of drug-likeness (QED) is 0.770. The van der Waals surface area contributed by atoms with Gasteiger partial charge in [-0.15, -0.1) is 0 Å². The molecule has 1 nitrogen and oxygen atoms in total. The van der Waals surface area contributed by atoms with Gasteiger partial charge in [0.05, 0.1) is 0 Å². The van der Waals surface area contributed by atoms with E-state index < -0.39 is 0 Å². The first-order valence-corrected chi connectivity index (χ1v) is 4.89. The molecule has 2 N–H and O–H groups in total. The molecule has 0 aromatic heterocycles. The fourth-order valence-corrected chi connectivity index (χ4v) is 1.49. The van der Waals surface area contributed by atoms with Crippen LogP contribution in [-0.2, 0) is 0 Å². The number of halogens is 1. The van der Waals surface area contributed by atoms with Gasteiger partial charge in [0.25, 0.3) is 0 Å². The van der Waals surface area contributed by atoms with E-state index in [1.807, 2.05) is 0 Å². The maximum atomic E-state index is 12.6. The molecule has 0 aliphatic carbocycles. The summed E-state index contributed by atoms with van der Waals surface area (Å²) in [5, 5.41) is 0. The largest absolute Gasteiger partial charge is 0.324 e. The van der Waals surface area contributed by atoms with E-state index in [4.69, 9.17) is 5.73 Å². The average molecular weight is 195 g/mol. The first-order chi connectivity index (χ1) is 6.38. The van der Waals surface area contributed by atoms with Crippen LogP contribution < -0.4 is 5.73 Å². The number of nitrogens with two attached hydrogens (primary N) is 1. The van der Waals surface area contributed by atoms with Crippen molar-refractivity contribution in [2.75, 3.05) is 0 Å². The average Bonchev–Trinajstić information content (AvgIpc) is 2.02. The molecule has 0 bridgehead atoms. The molecule has 0 radical (unpaired) electrons. The summed E-state index contributed by atoms with van der Waals surface area (Å²) in [6.07, 6.45) is 0.901. The molecule has 1 atom stereocenters. The second-order valence-corrected chi connectivity index (χ2v) is 4.92. The zero-order valence-corrected chi connectivity index (χ0v) is 9.05. The van der Waals surface area contributed by atoms with E-state index in [1.165, 1.54) is 12.1 Å². The highest BCUT2D eigenvalue weighted by atomic mass is 19.1. The van der Waals surface area contributed by atoms with E-state index >= 15 is 0 Å². The molecule has 0 saturated heterocycles. The Kier molecular flexibility index (Phi) is 3.27. The molecule has 78 valence electrons. The van der Waals surface area contributed by atoms with Crippen molar-refractivity contribution in [2.24, 2.45) is 11.1 Å². The Morgan fingerprint density at radius 3 is 2.14 bits per heavy atom. The highest BCUT2D eigenvalue weighted by molar-refractivity contribution is 5.19. The van der Waals surface area contributed by atoms with Gasteiger partial charge in [-0.1, -0.05) is 32.9 Å². The lowest BCUT2D eigenvalue weighted by molar-refractivity contribution is 0.342. The maximum Gasteiger partial charge on any atom is 0.123 e. The van der Waals surface area contributed by atoms with Gasteiger partial charge in [-0.2, -0.15) is 0 Å². The van der Waals surface area contributed by atoms with Gasteiger partial charge in [-0.05, 0) is 29.5 Å². The van der Waals surface area contributed by atoms with Crippen molar-refractivity contribution in [2.45, 2.75) is 33.2 Å². The Morgan fingerprint density at radius 2 is 1.71 bits per heavy atom. The lowest BCUT2D eigenvalue weighted by Crippen LogP contribution is -2.18. The molecule has 1 rings (SSSR count). The van der Waals surface area contributed by atoms with Crippen molar-refractivity contribution in [1.82, 2.24) is 0 Å². The Balaban J connectivity index is 2.70. The van der Waals surface area contributed by atoms with Gasteiger partial charge >= 0.3 is 0 Å².